The highest BCUT2D eigenvalue weighted by atomic mass is 35.5. The summed E-state index contributed by atoms with van der Waals surface area (Å²) in [7, 11) is 0. The molecule has 0 spiro atoms. The lowest BCUT2D eigenvalue weighted by atomic mass is 10.2. The molecule has 0 saturated carbocycles. The Kier molecular flexibility index (Phi) is 8.68. The Morgan fingerprint density at radius 2 is 2.14 bits per heavy atom. The number of aliphatic hydroxyl groups is 1. The Morgan fingerprint density at radius 1 is 1.34 bits per heavy atom. The van der Waals surface area contributed by atoms with Crippen LogP contribution in [-0.4, -0.2) is 92.1 Å². The summed E-state index contributed by atoms with van der Waals surface area (Å²) in [6.45, 7) is 8.69. The molecule has 0 radical (unpaired) electrons. The SMILES string of the molecule is CCNC(=NCC(O)COc1cccc(Cl)c1Cl)N1CCC(N2CCOCC2)C1. The first-order valence-electron chi connectivity index (χ1n) is 10.2. The van der Waals surface area contributed by atoms with Gasteiger partial charge in [0.1, 0.15) is 23.5 Å². The molecule has 3 rings (SSSR count). The normalized spacial score (nSPS) is 22.0. The van der Waals surface area contributed by atoms with Crippen LogP contribution in [0.5, 0.6) is 5.75 Å². The molecule has 2 N–H and O–H groups in total. The first-order valence-corrected chi connectivity index (χ1v) is 10.9. The van der Waals surface area contributed by atoms with Crippen molar-refractivity contribution in [2.45, 2.75) is 25.5 Å². The number of nitrogens with one attached hydrogen (secondary N) is 1. The minimum absolute atomic E-state index is 0.0966. The van der Waals surface area contributed by atoms with Crippen molar-refractivity contribution in [2.75, 3.05) is 59.1 Å². The van der Waals surface area contributed by atoms with E-state index >= 15 is 0 Å². The zero-order valence-electron chi connectivity index (χ0n) is 16.8. The van der Waals surface area contributed by atoms with Gasteiger partial charge in [0, 0.05) is 38.8 Å². The Bertz CT molecular complexity index is 686. The summed E-state index contributed by atoms with van der Waals surface area (Å²) in [6.07, 6.45) is 0.375. The predicted octanol–water partition coefficient (Wildman–Crippen LogP) is 2.11. The fraction of sp³-hybridized carbons (Fsp3) is 0.650. The van der Waals surface area contributed by atoms with Gasteiger partial charge in [-0.05, 0) is 25.5 Å². The van der Waals surface area contributed by atoms with Crippen LogP contribution in [0.4, 0.5) is 0 Å². The van der Waals surface area contributed by atoms with Gasteiger partial charge in [-0.25, -0.2) is 0 Å². The third kappa shape index (κ3) is 6.36. The van der Waals surface area contributed by atoms with Gasteiger partial charge in [-0.15, -0.1) is 0 Å². The summed E-state index contributed by atoms with van der Waals surface area (Å²) in [4.78, 5) is 9.40. The van der Waals surface area contributed by atoms with Crippen molar-refractivity contribution in [2.24, 2.45) is 4.99 Å². The number of aliphatic hydroxyl groups excluding tert-OH is 1. The maximum Gasteiger partial charge on any atom is 0.194 e. The van der Waals surface area contributed by atoms with E-state index in [9.17, 15) is 5.11 Å². The molecule has 2 unspecified atom stereocenters. The maximum atomic E-state index is 10.3. The smallest absolute Gasteiger partial charge is 0.194 e. The average molecular weight is 445 g/mol. The van der Waals surface area contributed by atoms with Crippen LogP contribution in [0, 0.1) is 0 Å². The van der Waals surface area contributed by atoms with Crippen molar-refractivity contribution in [3.63, 3.8) is 0 Å². The van der Waals surface area contributed by atoms with Crippen LogP contribution in [-0.2, 0) is 4.74 Å². The fourth-order valence-electron chi connectivity index (χ4n) is 3.63. The Labute approximate surface area is 182 Å². The minimum Gasteiger partial charge on any atom is -0.489 e. The van der Waals surface area contributed by atoms with Gasteiger partial charge in [0.05, 0.1) is 24.8 Å². The molecule has 0 aliphatic carbocycles. The first kappa shape index (κ1) is 22.4. The van der Waals surface area contributed by atoms with E-state index in [2.05, 4.69) is 20.1 Å². The second-order valence-electron chi connectivity index (χ2n) is 7.25. The van der Waals surface area contributed by atoms with E-state index in [0.29, 0.717) is 21.8 Å². The quantitative estimate of drug-likeness (QED) is 0.495. The molecule has 162 valence electrons. The summed E-state index contributed by atoms with van der Waals surface area (Å²) >= 11 is 12.1. The molecule has 2 atom stereocenters. The van der Waals surface area contributed by atoms with Gasteiger partial charge in [-0.2, -0.15) is 0 Å². The van der Waals surface area contributed by atoms with E-state index in [-0.39, 0.29) is 13.2 Å². The van der Waals surface area contributed by atoms with Crippen LogP contribution in [0.2, 0.25) is 10.0 Å². The molecule has 0 aromatic heterocycles. The van der Waals surface area contributed by atoms with E-state index < -0.39 is 6.10 Å². The number of hydrogen-bond acceptors (Lipinski definition) is 5. The number of aliphatic imine (C=N–C) groups is 1. The molecule has 2 heterocycles. The highest BCUT2D eigenvalue weighted by Crippen LogP contribution is 2.31. The van der Waals surface area contributed by atoms with Crippen molar-refractivity contribution >= 4 is 29.2 Å². The largest absolute Gasteiger partial charge is 0.489 e. The summed E-state index contributed by atoms with van der Waals surface area (Å²) in [5.41, 5.74) is 0. The number of nitrogens with zero attached hydrogens (tertiary/aromatic N) is 3. The highest BCUT2D eigenvalue weighted by molar-refractivity contribution is 6.42. The molecule has 7 nitrogen and oxygen atoms in total. The van der Waals surface area contributed by atoms with Gasteiger partial charge in [-0.1, -0.05) is 29.3 Å². The Balaban J connectivity index is 1.51. The molecule has 29 heavy (non-hydrogen) atoms. The van der Waals surface area contributed by atoms with Gasteiger partial charge >= 0.3 is 0 Å². The zero-order valence-corrected chi connectivity index (χ0v) is 18.3. The number of hydrogen-bond donors (Lipinski definition) is 2. The number of rotatable bonds is 7. The molecule has 2 aliphatic rings. The number of morpholine rings is 1. The predicted molar refractivity (Wildman–Crippen MR) is 116 cm³/mol. The third-order valence-corrected chi connectivity index (χ3v) is 5.96. The van der Waals surface area contributed by atoms with Crippen LogP contribution in [0.3, 0.4) is 0 Å². The standard InChI is InChI=1S/C20H30Cl2N4O3/c1-2-23-20(26-7-6-15(13-26)25-8-10-28-11-9-25)24-12-16(27)14-29-18-5-3-4-17(21)19(18)22/h3-5,15-16,27H,2,6-14H2,1H3,(H,23,24). The van der Waals surface area contributed by atoms with Gasteiger partial charge in [0.2, 0.25) is 0 Å². The third-order valence-electron chi connectivity index (χ3n) is 5.16. The number of ether oxygens (including phenoxy) is 2. The number of benzene rings is 1. The molecule has 9 heteroatoms. The lowest BCUT2D eigenvalue weighted by Crippen LogP contribution is -2.46. The van der Waals surface area contributed by atoms with Gasteiger partial charge < -0.3 is 24.8 Å². The van der Waals surface area contributed by atoms with Gasteiger partial charge in [-0.3, -0.25) is 9.89 Å². The molecule has 0 amide bonds. The molecule has 0 bridgehead atoms. The molecule has 2 aliphatic heterocycles. The summed E-state index contributed by atoms with van der Waals surface area (Å²) in [5, 5.41) is 14.4. The second-order valence-corrected chi connectivity index (χ2v) is 8.03. The Morgan fingerprint density at radius 3 is 2.90 bits per heavy atom. The molecular weight excluding hydrogens is 415 g/mol. The van der Waals surface area contributed by atoms with Crippen LogP contribution in [0.1, 0.15) is 13.3 Å². The van der Waals surface area contributed by atoms with Crippen molar-refractivity contribution in [3.05, 3.63) is 28.2 Å². The summed E-state index contributed by atoms with van der Waals surface area (Å²) in [5.74, 6) is 1.30. The lowest BCUT2D eigenvalue weighted by molar-refractivity contribution is 0.0194. The summed E-state index contributed by atoms with van der Waals surface area (Å²) in [6, 6.07) is 5.71. The van der Waals surface area contributed by atoms with E-state index in [0.717, 1.165) is 58.3 Å². The van der Waals surface area contributed by atoms with Crippen LogP contribution in [0.25, 0.3) is 0 Å². The maximum absolute atomic E-state index is 10.3. The average Bonchev–Trinajstić information content (AvgIpc) is 3.23. The monoisotopic (exact) mass is 444 g/mol. The van der Waals surface area contributed by atoms with Crippen molar-refractivity contribution in [1.29, 1.82) is 0 Å². The lowest BCUT2D eigenvalue weighted by Gasteiger charge is -2.32. The van der Waals surface area contributed by atoms with Crippen molar-refractivity contribution < 1.29 is 14.6 Å². The van der Waals surface area contributed by atoms with Crippen LogP contribution < -0.4 is 10.1 Å². The minimum atomic E-state index is -0.739. The zero-order chi connectivity index (χ0) is 20.6. The molecule has 2 fully saturated rings. The Hall–Kier alpha value is -1.25. The van der Waals surface area contributed by atoms with Gasteiger partial charge in [0.25, 0.3) is 0 Å². The van der Waals surface area contributed by atoms with Crippen LogP contribution >= 0.6 is 23.2 Å². The number of guanidine groups is 1. The van der Waals surface area contributed by atoms with Gasteiger partial charge in [0.15, 0.2) is 5.96 Å². The first-order chi connectivity index (χ1) is 14.1. The number of likely N-dealkylation sites (tertiary alicyclic amines) is 1. The highest BCUT2D eigenvalue weighted by Gasteiger charge is 2.30. The number of halogens is 2. The van der Waals surface area contributed by atoms with E-state index in [1.807, 2.05) is 6.92 Å². The van der Waals surface area contributed by atoms with E-state index in [1.54, 1.807) is 18.2 Å². The molecular formula is C20H30Cl2N4O3. The second kappa shape index (κ2) is 11.2. The van der Waals surface area contributed by atoms with Crippen molar-refractivity contribution in [3.8, 4) is 5.75 Å². The van der Waals surface area contributed by atoms with Crippen LogP contribution in [0.15, 0.2) is 23.2 Å². The molecule has 2 saturated heterocycles. The van der Waals surface area contributed by atoms with E-state index in [1.165, 1.54) is 0 Å². The fourth-order valence-corrected chi connectivity index (χ4v) is 3.97. The summed E-state index contributed by atoms with van der Waals surface area (Å²) < 4.78 is 11.1. The van der Waals surface area contributed by atoms with E-state index in [4.69, 9.17) is 32.7 Å². The molecule has 1 aromatic carbocycles. The van der Waals surface area contributed by atoms with Crippen molar-refractivity contribution in [1.82, 2.24) is 15.1 Å². The topological polar surface area (TPSA) is 69.6 Å². The molecule has 1 aromatic rings.